The molecule has 1 aromatic carbocycles. The fourth-order valence-corrected chi connectivity index (χ4v) is 4.65. The number of quaternary nitrogens is 1. The quantitative estimate of drug-likeness (QED) is 0.524. The normalized spacial score (nSPS) is 18.4. The molecule has 0 radical (unpaired) electrons. The van der Waals surface area contributed by atoms with Gasteiger partial charge >= 0.3 is 6.97 Å². The first-order chi connectivity index (χ1) is 12.9. The molecule has 3 nitrogen and oxygen atoms in total. The van der Waals surface area contributed by atoms with E-state index in [0.717, 1.165) is 22.3 Å². The van der Waals surface area contributed by atoms with Crippen molar-refractivity contribution in [3.8, 4) is 0 Å². The Labute approximate surface area is 165 Å². The molecular weight excluding hydrogens is 355 g/mol. The molecule has 0 N–H and O–H groups in total. The Kier molecular flexibility index (Phi) is 3.89. The van der Waals surface area contributed by atoms with Crippen LogP contribution >= 0.6 is 0 Å². The third-order valence-corrected chi connectivity index (χ3v) is 5.87. The van der Waals surface area contributed by atoms with E-state index in [1.54, 1.807) is 13.8 Å². The predicted octanol–water partition coefficient (Wildman–Crippen LogP) is 4.73. The zero-order chi connectivity index (χ0) is 20.6. The Morgan fingerprint density at radius 1 is 0.964 bits per heavy atom. The zero-order valence-corrected chi connectivity index (χ0v) is 17.6. The molecule has 0 fully saturated rings. The Hall–Kier alpha value is -2.47. The van der Waals surface area contributed by atoms with Gasteiger partial charge in [0.1, 0.15) is 11.4 Å². The second-order valence-corrected chi connectivity index (χ2v) is 8.90. The van der Waals surface area contributed by atoms with Crippen molar-refractivity contribution in [3.63, 3.8) is 0 Å². The second-order valence-electron chi connectivity index (χ2n) is 8.90. The minimum atomic E-state index is -3.92. The van der Waals surface area contributed by atoms with Crippen LogP contribution in [0.4, 0.5) is 14.3 Å². The van der Waals surface area contributed by atoms with Crippen LogP contribution in [0, 0.1) is 13.8 Å². The molecule has 0 bridgehead atoms. The zero-order valence-electron chi connectivity index (χ0n) is 17.6. The summed E-state index contributed by atoms with van der Waals surface area (Å²) in [6.07, 6.45) is 1.86. The van der Waals surface area contributed by atoms with Gasteiger partial charge in [-0.2, -0.15) is 0 Å². The van der Waals surface area contributed by atoms with Crippen LogP contribution in [0.5, 0.6) is 0 Å². The molecule has 0 atom stereocenters. The van der Waals surface area contributed by atoms with E-state index in [1.807, 2.05) is 26.0 Å². The lowest BCUT2D eigenvalue weighted by Gasteiger charge is -2.34. The highest BCUT2D eigenvalue weighted by atomic mass is 19.2. The molecule has 2 aliphatic heterocycles. The molecular formula is C22H27BF2N3+. The summed E-state index contributed by atoms with van der Waals surface area (Å²) in [7, 11) is 6.34. The van der Waals surface area contributed by atoms with Crippen LogP contribution in [-0.2, 0) is 0 Å². The summed E-state index contributed by atoms with van der Waals surface area (Å²) in [5, 5.41) is 0. The van der Waals surface area contributed by atoms with Crippen molar-refractivity contribution in [1.82, 2.24) is 8.96 Å². The van der Waals surface area contributed by atoms with Gasteiger partial charge in [-0.05, 0) is 67.9 Å². The number of benzene rings is 1. The summed E-state index contributed by atoms with van der Waals surface area (Å²) in [6, 6.07) is 10.2. The van der Waals surface area contributed by atoms with Crippen LogP contribution in [0.25, 0.3) is 5.57 Å². The molecule has 2 aromatic rings. The van der Waals surface area contributed by atoms with Gasteiger partial charge in [-0.1, -0.05) is 0 Å². The van der Waals surface area contributed by atoms with Crippen molar-refractivity contribution in [2.24, 2.45) is 0 Å². The summed E-state index contributed by atoms with van der Waals surface area (Å²) in [5.41, 5.74) is 7.24. The maximum Gasteiger partial charge on any atom is 0.737 e. The van der Waals surface area contributed by atoms with Gasteiger partial charge in [0.25, 0.3) is 0 Å². The topological polar surface area (TPSA) is 7.94 Å². The van der Waals surface area contributed by atoms with E-state index in [4.69, 9.17) is 0 Å². The number of aryl methyl sites for hydroxylation is 2. The summed E-state index contributed by atoms with van der Waals surface area (Å²) in [4.78, 5) is 0. The average Bonchev–Trinajstić information content (AvgIpc) is 3.05. The summed E-state index contributed by atoms with van der Waals surface area (Å²) in [6.45, 7) is 3.45. The van der Waals surface area contributed by atoms with E-state index in [9.17, 15) is 0 Å². The van der Waals surface area contributed by atoms with Gasteiger partial charge in [0.15, 0.2) is 5.70 Å². The summed E-state index contributed by atoms with van der Waals surface area (Å²) < 4.78 is 34.4. The molecule has 6 heteroatoms. The van der Waals surface area contributed by atoms with Crippen molar-refractivity contribution in [2.45, 2.75) is 27.7 Å². The van der Waals surface area contributed by atoms with Crippen LogP contribution < -0.4 is 4.48 Å². The van der Waals surface area contributed by atoms with Crippen molar-refractivity contribution in [3.05, 3.63) is 70.2 Å². The first kappa shape index (κ1) is 18.9. The largest absolute Gasteiger partial charge is 0.737 e. The van der Waals surface area contributed by atoms with E-state index >= 15 is 8.63 Å². The van der Waals surface area contributed by atoms with Gasteiger partial charge in [-0.25, -0.2) is 0 Å². The standard InChI is InChI=1S/C22H27BF2N3/c1-14-12-16(3)26-21(14)20(18-8-10-19(11-9-18)28(5,6)7)22-15(2)13-17(4)27(22)23(26,24)25/h8-13H,1-7H3/q+1. The number of aromatic nitrogens is 1. The highest BCUT2D eigenvalue weighted by Gasteiger charge is 2.55. The van der Waals surface area contributed by atoms with E-state index in [2.05, 4.69) is 45.4 Å². The Bertz CT molecular complexity index is 1090. The third kappa shape index (κ3) is 2.47. The van der Waals surface area contributed by atoms with Crippen molar-refractivity contribution in [2.75, 3.05) is 21.1 Å². The maximum absolute atomic E-state index is 15.6. The lowest BCUT2D eigenvalue weighted by Crippen LogP contribution is -2.51. The van der Waals surface area contributed by atoms with Crippen LogP contribution in [0.2, 0.25) is 0 Å². The monoisotopic (exact) mass is 382 g/mol. The first-order valence-corrected chi connectivity index (χ1v) is 9.64. The smallest absolute Gasteiger partial charge is 0.393 e. The molecule has 0 saturated heterocycles. The van der Waals surface area contributed by atoms with Crippen molar-refractivity contribution >= 4 is 23.9 Å². The number of hydrogen-bond acceptors (Lipinski definition) is 0. The molecule has 1 aromatic heterocycles. The molecule has 0 unspecified atom stereocenters. The molecule has 3 heterocycles. The molecule has 0 saturated carbocycles. The minimum Gasteiger partial charge on any atom is -0.393 e. The fourth-order valence-electron chi connectivity index (χ4n) is 4.65. The lowest BCUT2D eigenvalue weighted by atomic mass is 9.84. The molecule has 146 valence electrons. The number of halogens is 2. The number of allylic oxidation sites excluding steroid dienone is 2. The predicted molar refractivity (Wildman–Crippen MR) is 114 cm³/mol. The van der Waals surface area contributed by atoms with Crippen LogP contribution in [0.15, 0.2) is 47.7 Å². The van der Waals surface area contributed by atoms with E-state index < -0.39 is 6.97 Å². The van der Waals surface area contributed by atoms with E-state index in [-0.39, 0.29) is 0 Å². The van der Waals surface area contributed by atoms with Gasteiger partial charge in [-0.3, -0.25) is 4.48 Å². The van der Waals surface area contributed by atoms with Gasteiger partial charge in [0, 0.05) is 24.3 Å². The van der Waals surface area contributed by atoms with E-state index in [0.29, 0.717) is 27.3 Å². The molecule has 0 spiro atoms. The summed E-state index contributed by atoms with van der Waals surface area (Å²) >= 11 is 0. The Morgan fingerprint density at radius 2 is 1.57 bits per heavy atom. The van der Waals surface area contributed by atoms with Gasteiger partial charge in [-0.15, -0.1) is 0 Å². The van der Waals surface area contributed by atoms with Crippen molar-refractivity contribution in [1.29, 1.82) is 0 Å². The third-order valence-electron chi connectivity index (χ3n) is 5.87. The van der Waals surface area contributed by atoms with Gasteiger partial charge in [0.2, 0.25) is 0 Å². The minimum absolute atomic E-state index is 0.592. The number of fused-ring (bicyclic) bond motifs is 2. The maximum atomic E-state index is 15.6. The molecule has 4 rings (SSSR count). The molecule has 0 aliphatic carbocycles. The van der Waals surface area contributed by atoms with Crippen LogP contribution in [0.1, 0.15) is 36.4 Å². The fraction of sp³-hybridized carbons (Fsp3) is 0.318. The first-order valence-electron chi connectivity index (χ1n) is 9.64. The number of rotatable bonds is 2. The molecule has 0 amide bonds. The van der Waals surface area contributed by atoms with Gasteiger partial charge in [0.05, 0.1) is 26.7 Å². The Morgan fingerprint density at radius 3 is 2.14 bits per heavy atom. The van der Waals surface area contributed by atoms with Crippen LogP contribution in [-0.4, -0.2) is 42.8 Å². The van der Waals surface area contributed by atoms with E-state index in [1.165, 1.54) is 14.7 Å². The number of hydrogen-bond donors (Lipinski definition) is 0. The van der Waals surface area contributed by atoms with Crippen LogP contribution in [0.3, 0.4) is 0 Å². The highest BCUT2D eigenvalue weighted by molar-refractivity contribution is 6.58. The highest BCUT2D eigenvalue weighted by Crippen LogP contribution is 2.44. The average molecular weight is 382 g/mol. The lowest BCUT2D eigenvalue weighted by molar-refractivity contribution is -0.363. The SMILES string of the molecule is CC1=CC(C)=[N+]2C1=C(c1ccc([N+](C)(C)C)cc1)c1c(C)cc(C)n1[B-]2(F)F. The second kappa shape index (κ2) is 5.77. The molecule has 28 heavy (non-hydrogen) atoms. The van der Waals surface area contributed by atoms with Crippen molar-refractivity contribution < 1.29 is 13.1 Å². The molecule has 2 aliphatic rings. The van der Waals surface area contributed by atoms with Gasteiger partial charge < -0.3 is 17.6 Å². The number of nitrogens with zero attached hydrogens (tertiary/aromatic N) is 3. The summed E-state index contributed by atoms with van der Waals surface area (Å²) in [5.74, 6) is 0. The Balaban J connectivity index is 2.06.